The third-order valence-electron chi connectivity index (χ3n) is 4.33. The number of hydrogen-bond acceptors (Lipinski definition) is 4. The van der Waals surface area contributed by atoms with Crippen LogP contribution >= 0.6 is 0 Å². The standard InChI is InChI=1S/C22H23N3O3/c1-25(15-21(26)23-24-22(27)17-6-4-3-5-7-17)14-16-8-9-19-13-20(28-2)11-10-18(19)12-16/h3-13H,14-15H2,1-2H3,(H,23,26)(H,24,27). The van der Waals surface area contributed by atoms with Crippen LogP contribution in [0.3, 0.4) is 0 Å². The Hall–Kier alpha value is -3.38. The first-order chi connectivity index (χ1) is 13.5. The third kappa shape index (κ3) is 5.08. The number of nitrogens with zero attached hydrogens (tertiary/aromatic N) is 1. The van der Waals surface area contributed by atoms with Crippen molar-refractivity contribution in [2.45, 2.75) is 6.54 Å². The zero-order chi connectivity index (χ0) is 19.9. The lowest BCUT2D eigenvalue weighted by molar-refractivity contribution is -0.122. The van der Waals surface area contributed by atoms with Crippen LogP contribution in [0.25, 0.3) is 10.8 Å². The van der Waals surface area contributed by atoms with Crippen LogP contribution in [-0.4, -0.2) is 37.4 Å². The van der Waals surface area contributed by atoms with E-state index < -0.39 is 0 Å². The van der Waals surface area contributed by atoms with Gasteiger partial charge >= 0.3 is 0 Å². The van der Waals surface area contributed by atoms with Gasteiger partial charge in [0.1, 0.15) is 5.75 Å². The maximum absolute atomic E-state index is 12.1. The van der Waals surface area contributed by atoms with E-state index in [-0.39, 0.29) is 18.4 Å². The van der Waals surface area contributed by atoms with Gasteiger partial charge in [-0.2, -0.15) is 0 Å². The second-order valence-electron chi connectivity index (χ2n) is 6.59. The Morgan fingerprint density at radius 2 is 1.64 bits per heavy atom. The van der Waals surface area contributed by atoms with Crippen molar-refractivity contribution in [3.05, 3.63) is 77.9 Å². The summed E-state index contributed by atoms with van der Waals surface area (Å²) in [5, 5.41) is 2.22. The molecule has 0 aliphatic carbocycles. The number of nitrogens with one attached hydrogen (secondary N) is 2. The summed E-state index contributed by atoms with van der Waals surface area (Å²) in [7, 11) is 3.51. The largest absolute Gasteiger partial charge is 0.497 e. The van der Waals surface area contributed by atoms with E-state index in [0.717, 1.165) is 22.1 Å². The van der Waals surface area contributed by atoms with Crippen molar-refractivity contribution in [1.82, 2.24) is 15.8 Å². The molecule has 0 fully saturated rings. The number of hydrogen-bond donors (Lipinski definition) is 2. The molecule has 0 aliphatic heterocycles. The molecule has 0 saturated heterocycles. The Morgan fingerprint density at radius 1 is 0.929 bits per heavy atom. The summed E-state index contributed by atoms with van der Waals surface area (Å²) < 4.78 is 5.25. The summed E-state index contributed by atoms with van der Waals surface area (Å²) >= 11 is 0. The van der Waals surface area contributed by atoms with Gasteiger partial charge in [0, 0.05) is 12.1 Å². The third-order valence-corrected chi connectivity index (χ3v) is 4.33. The van der Waals surface area contributed by atoms with Crippen LogP contribution in [0, 0.1) is 0 Å². The zero-order valence-corrected chi connectivity index (χ0v) is 15.9. The van der Waals surface area contributed by atoms with Gasteiger partial charge in [0.25, 0.3) is 11.8 Å². The molecular formula is C22H23N3O3. The van der Waals surface area contributed by atoms with Gasteiger partial charge in [-0.3, -0.25) is 25.3 Å². The monoisotopic (exact) mass is 377 g/mol. The molecule has 0 spiro atoms. The van der Waals surface area contributed by atoms with E-state index in [2.05, 4.69) is 16.9 Å². The zero-order valence-electron chi connectivity index (χ0n) is 15.9. The Morgan fingerprint density at radius 3 is 2.39 bits per heavy atom. The molecule has 144 valence electrons. The molecule has 0 unspecified atom stereocenters. The van der Waals surface area contributed by atoms with Gasteiger partial charge < -0.3 is 4.74 Å². The number of carbonyl (C=O) groups excluding carboxylic acids is 2. The Labute approximate surface area is 164 Å². The number of likely N-dealkylation sites (N-methyl/N-ethyl adjacent to an activating group) is 1. The highest BCUT2D eigenvalue weighted by molar-refractivity contribution is 5.95. The van der Waals surface area contributed by atoms with Crippen molar-refractivity contribution in [3.63, 3.8) is 0 Å². The fourth-order valence-corrected chi connectivity index (χ4v) is 2.94. The number of amides is 2. The summed E-state index contributed by atoms with van der Waals surface area (Å²) in [6.07, 6.45) is 0. The van der Waals surface area contributed by atoms with Crippen LogP contribution in [0.15, 0.2) is 66.7 Å². The lowest BCUT2D eigenvalue weighted by Crippen LogP contribution is -2.45. The molecule has 0 heterocycles. The molecule has 0 aliphatic rings. The fraction of sp³-hybridized carbons (Fsp3) is 0.182. The maximum Gasteiger partial charge on any atom is 0.269 e. The van der Waals surface area contributed by atoms with Crippen molar-refractivity contribution >= 4 is 22.6 Å². The van der Waals surface area contributed by atoms with E-state index in [0.29, 0.717) is 12.1 Å². The minimum Gasteiger partial charge on any atom is -0.497 e. The Bertz CT molecular complexity index is 973. The minimum absolute atomic E-state index is 0.162. The van der Waals surface area contributed by atoms with E-state index in [1.807, 2.05) is 48.3 Å². The van der Waals surface area contributed by atoms with Crippen LogP contribution in [0.2, 0.25) is 0 Å². The molecule has 3 rings (SSSR count). The second-order valence-corrected chi connectivity index (χ2v) is 6.59. The van der Waals surface area contributed by atoms with Crippen LogP contribution in [0.5, 0.6) is 5.75 Å². The molecule has 0 radical (unpaired) electrons. The van der Waals surface area contributed by atoms with Gasteiger partial charge in [-0.05, 0) is 53.7 Å². The number of hydrazine groups is 1. The van der Waals surface area contributed by atoms with E-state index >= 15 is 0 Å². The molecule has 0 bridgehead atoms. The quantitative estimate of drug-likeness (QED) is 0.648. The van der Waals surface area contributed by atoms with Gasteiger partial charge in [-0.25, -0.2) is 0 Å². The molecular weight excluding hydrogens is 354 g/mol. The van der Waals surface area contributed by atoms with Crippen LogP contribution in [0.1, 0.15) is 15.9 Å². The number of methoxy groups -OCH3 is 1. The topological polar surface area (TPSA) is 70.7 Å². The number of ether oxygens (including phenoxy) is 1. The van der Waals surface area contributed by atoms with Crippen molar-refractivity contribution in [2.75, 3.05) is 20.7 Å². The van der Waals surface area contributed by atoms with Crippen LogP contribution in [0.4, 0.5) is 0 Å². The summed E-state index contributed by atoms with van der Waals surface area (Å²) in [4.78, 5) is 25.9. The molecule has 28 heavy (non-hydrogen) atoms. The molecule has 0 aromatic heterocycles. The van der Waals surface area contributed by atoms with Gasteiger partial charge in [-0.15, -0.1) is 0 Å². The highest BCUT2D eigenvalue weighted by Crippen LogP contribution is 2.22. The summed E-state index contributed by atoms with van der Waals surface area (Å²) in [6.45, 7) is 0.776. The molecule has 0 atom stereocenters. The van der Waals surface area contributed by atoms with Gasteiger partial charge in [-0.1, -0.05) is 36.4 Å². The summed E-state index contributed by atoms with van der Waals surface area (Å²) in [6, 6.07) is 20.8. The molecule has 2 amide bonds. The van der Waals surface area contributed by atoms with Crippen LogP contribution < -0.4 is 15.6 Å². The van der Waals surface area contributed by atoms with E-state index in [9.17, 15) is 9.59 Å². The lowest BCUT2D eigenvalue weighted by Gasteiger charge is -2.17. The van der Waals surface area contributed by atoms with Gasteiger partial charge in [0.05, 0.1) is 13.7 Å². The van der Waals surface area contributed by atoms with Gasteiger partial charge in [0.2, 0.25) is 0 Å². The molecule has 3 aromatic rings. The fourth-order valence-electron chi connectivity index (χ4n) is 2.94. The average molecular weight is 377 g/mol. The first-order valence-corrected chi connectivity index (χ1v) is 8.94. The predicted octanol–water partition coefficient (Wildman–Crippen LogP) is 2.74. The maximum atomic E-state index is 12.1. The Kier molecular flexibility index (Phi) is 6.24. The molecule has 0 saturated carbocycles. The Balaban J connectivity index is 1.52. The summed E-state index contributed by atoms with van der Waals surface area (Å²) in [5.41, 5.74) is 6.46. The second kappa shape index (κ2) is 9.01. The average Bonchev–Trinajstić information content (AvgIpc) is 2.72. The number of rotatable bonds is 6. The first kappa shape index (κ1) is 19.4. The normalized spacial score (nSPS) is 10.7. The minimum atomic E-state index is -0.346. The predicted molar refractivity (Wildman–Crippen MR) is 109 cm³/mol. The van der Waals surface area contributed by atoms with Crippen molar-refractivity contribution in [1.29, 1.82) is 0 Å². The highest BCUT2D eigenvalue weighted by atomic mass is 16.5. The summed E-state index contributed by atoms with van der Waals surface area (Å²) in [5.74, 6) is 0.199. The molecule has 3 aromatic carbocycles. The number of fused-ring (bicyclic) bond motifs is 1. The first-order valence-electron chi connectivity index (χ1n) is 8.94. The molecule has 6 heteroatoms. The van der Waals surface area contributed by atoms with Crippen LogP contribution in [-0.2, 0) is 11.3 Å². The van der Waals surface area contributed by atoms with E-state index in [4.69, 9.17) is 4.74 Å². The smallest absolute Gasteiger partial charge is 0.269 e. The van der Waals surface area contributed by atoms with Crippen molar-refractivity contribution < 1.29 is 14.3 Å². The van der Waals surface area contributed by atoms with Crippen molar-refractivity contribution in [3.8, 4) is 5.75 Å². The lowest BCUT2D eigenvalue weighted by atomic mass is 10.1. The highest BCUT2D eigenvalue weighted by Gasteiger charge is 2.10. The SMILES string of the molecule is COc1ccc2cc(CN(C)CC(=O)NNC(=O)c3ccccc3)ccc2c1. The van der Waals surface area contributed by atoms with E-state index in [1.165, 1.54) is 0 Å². The molecule has 6 nitrogen and oxygen atoms in total. The number of carbonyl (C=O) groups is 2. The van der Waals surface area contributed by atoms with Crippen molar-refractivity contribution in [2.24, 2.45) is 0 Å². The molecule has 2 N–H and O–H groups in total. The van der Waals surface area contributed by atoms with Gasteiger partial charge in [0.15, 0.2) is 0 Å². The number of benzene rings is 3. The van der Waals surface area contributed by atoms with E-state index in [1.54, 1.807) is 31.4 Å².